The molecule has 1 N–H and O–H groups in total. The Bertz CT molecular complexity index is 923. The molecule has 0 unspecified atom stereocenters. The molecule has 152 valence electrons. The van der Waals surface area contributed by atoms with E-state index >= 15 is 0 Å². The van der Waals surface area contributed by atoms with Gasteiger partial charge in [-0.15, -0.1) is 0 Å². The number of rotatable bonds is 8. The summed E-state index contributed by atoms with van der Waals surface area (Å²) in [6.07, 6.45) is 2.93. The summed E-state index contributed by atoms with van der Waals surface area (Å²) >= 11 is 6.33. The predicted octanol–water partition coefficient (Wildman–Crippen LogP) is 5.70. The number of benzene rings is 2. The van der Waals surface area contributed by atoms with Gasteiger partial charge in [-0.1, -0.05) is 67.1 Å². The van der Waals surface area contributed by atoms with Crippen LogP contribution >= 0.6 is 11.6 Å². The zero-order valence-corrected chi connectivity index (χ0v) is 17.8. The van der Waals surface area contributed by atoms with Crippen molar-refractivity contribution < 1.29 is 4.79 Å². The van der Waals surface area contributed by atoms with Crippen molar-refractivity contribution in [3.05, 3.63) is 94.8 Å². The van der Waals surface area contributed by atoms with Crippen LogP contribution < -0.4 is 5.32 Å². The first-order valence-electron chi connectivity index (χ1n) is 10.0. The SMILES string of the molecule is CC[C@@H](C)N(Cc1cccn1Cc1ccccc1Cl)C(=O)NCc1ccccc1. The van der Waals surface area contributed by atoms with Crippen LogP contribution in [-0.2, 0) is 19.6 Å². The smallest absolute Gasteiger partial charge is 0.318 e. The number of aromatic nitrogens is 1. The van der Waals surface area contributed by atoms with E-state index in [1.54, 1.807) is 0 Å². The minimum atomic E-state index is -0.0475. The molecular formula is C24H28ClN3O. The molecular weight excluding hydrogens is 382 g/mol. The number of amides is 2. The molecule has 0 radical (unpaired) electrons. The fourth-order valence-corrected chi connectivity index (χ4v) is 3.45. The fourth-order valence-electron chi connectivity index (χ4n) is 3.26. The maximum atomic E-state index is 13.0. The van der Waals surface area contributed by atoms with Gasteiger partial charge in [0.2, 0.25) is 0 Å². The third-order valence-corrected chi connectivity index (χ3v) is 5.59. The summed E-state index contributed by atoms with van der Waals surface area (Å²) in [5.74, 6) is 0. The molecule has 29 heavy (non-hydrogen) atoms. The van der Waals surface area contributed by atoms with E-state index in [0.717, 1.165) is 28.3 Å². The Morgan fingerprint density at radius 3 is 2.52 bits per heavy atom. The van der Waals surface area contributed by atoms with E-state index in [4.69, 9.17) is 11.6 Å². The first-order valence-corrected chi connectivity index (χ1v) is 10.4. The van der Waals surface area contributed by atoms with Gasteiger partial charge in [0.25, 0.3) is 0 Å². The average molecular weight is 410 g/mol. The number of nitrogens with one attached hydrogen (secondary N) is 1. The molecule has 0 aliphatic heterocycles. The van der Waals surface area contributed by atoms with E-state index in [9.17, 15) is 4.79 Å². The number of carbonyl (C=O) groups is 1. The lowest BCUT2D eigenvalue weighted by Gasteiger charge is -2.29. The number of nitrogens with zero attached hydrogens (tertiary/aromatic N) is 2. The van der Waals surface area contributed by atoms with Gasteiger partial charge >= 0.3 is 6.03 Å². The zero-order valence-electron chi connectivity index (χ0n) is 17.0. The second-order valence-corrected chi connectivity index (χ2v) is 7.66. The molecule has 5 heteroatoms. The highest BCUT2D eigenvalue weighted by molar-refractivity contribution is 6.31. The van der Waals surface area contributed by atoms with Crippen LogP contribution in [0.3, 0.4) is 0 Å². The summed E-state index contributed by atoms with van der Waals surface area (Å²) in [6.45, 7) is 5.94. The van der Waals surface area contributed by atoms with Gasteiger partial charge < -0.3 is 14.8 Å². The lowest BCUT2D eigenvalue weighted by Crippen LogP contribution is -2.44. The van der Waals surface area contributed by atoms with Gasteiger partial charge in [0.05, 0.1) is 6.54 Å². The highest BCUT2D eigenvalue weighted by Gasteiger charge is 2.20. The van der Waals surface area contributed by atoms with Crippen molar-refractivity contribution in [1.82, 2.24) is 14.8 Å². The van der Waals surface area contributed by atoms with Gasteiger partial charge in [0.1, 0.15) is 0 Å². The van der Waals surface area contributed by atoms with E-state index in [1.807, 2.05) is 71.8 Å². The van der Waals surface area contributed by atoms with Crippen LogP contribution in [-0.4, -0.2) is 21.5 Å². The molecule has 3 rings (SSSR count). The fraction of sp³-hybridized carbons (Fsp3) is 0.292. The summed E-state index contributed by atoms with van der Waals surface area (Å²) < 4.78 is 2.15. The maximum absolute atomic E-state index is 13.0. The Morgan fingerprint density at radius 1 is 1.07 bits per heavy atom. The van der Waals surface area contributed by atoms with Gasteiger partial charge in [-0.25, -0.2) is 4.79 Å². The van der Waals surface area contributed by atoms with Crippen LogP contribution in [0.5, 0.6) is 0 Å². The largest absolute Gasteiger partial charge is 0.345 e. The highest BCUT2D eigenvalue weighted by atomic mass is 35.5. The summed E-state index contributed by atoms with van der Waals surface area (Å²) in [5.41, 5.74) is 3.24. The maximum Gasteiger partial charge on any atom is 0.318 e. The molecule has 0 fully saturated rings. The molecule has 0 bridgehead atoms. The second kappa shape index (κ2) is 10.2. The molecule has 2 amide bonds. The number of urea groups is 1. The summed E-state index contributed by atoms with van der Waals surface area (Å²) in [4.78, 5) is 14.9. The van der Waals surface area contributed by atoms with E-state index in [2.05, 4.69) is 29.8 Å². The van der Waals surface area contributed by atoms with E-state index < -0.39 is 0 Å². The molecule has 0 aliphatic carbocycles. The van der Waals surface area contributed by atoms with Crippen LogP contribution in [0.2, 0.25) is 5.02 Å². The van der Waals surface area contributed by atoms with E-state index in [1.165, 1.54) is 0 Å². The number of carbonyl (C=O) groups excluding carboxylic acids is 1. The molecule has 3 aromatic rings. The summed E-state index contributed by atoms with van der Waals surface area (Å²) in [6, 6.07) is 22.0. The van der Waals surface area contributed by atoms with Crippen molar-refractivity contribution in [2.45, 2.75) is 45.9 Å². The Balaban J connectivity index is 1.71. The monoisotopic (exact) mass is 409 g/mol. The first kappa shape index (κ1) is 21.0. The Labute approximate surface area is 178 Å². The third kappa shape index (κ3) is 5.64. The molecule has 0 saturated carbocycles. The molecule has 1 heterocycles. The van der Waals surface area contributed by atoms with Crippen LogP contribution in [0.4, 0.5) is 4.79 Å². The highest BCUT2D eigenvalue weighted by Crippen LogP contribution is 2.19. The van der Waals surface area contributed by atoms with Gasteiger partial charge in [0.15, 0.2) is 0 Å². The third-order valence-electron chi connectivity index (χ3n) is 5.22. The van der Waals surface area contributed by atoms with Crippen molar-refractivity contribution in [1.29, 1.82) is 0 Å². The standard InChI is InChI=1S/C24H28ClN3O/c1-3-19(2)28(24(29)26-16-20-10-5-4-6-11-20)18-22-13-9-15-27(22)17-21-12-7-8-14-23(21)25/h4-15,19H,3,16-18H2,1-2H3,(H,26,29)/t19-/m1/s1. The molecule has 2 aromatic carbocycles. The van der Waals surface area contributed by atoms with Crippen molar-refractivity contribution in [3.8, 4) is 0 Å². The van der Waals surface area contributed by atoms with Gasteiger partial charge in [0, 0.05) is 36.0 Å². The van der Waals surface area contributed by atoms with Crippen molar-refractivity contribution in [2.75, 3.05) is 0 Å². The molecule has 4 nitrogen and oxygen atoms in total. The summed E-state index contributed by atoms with van der Waals surface area (Å²) in [7, 11) is 0. The summed E-state index contributed by atoms with van der Waals surface area (Å²) in [5, 5.41) is 3.82. The van der Waals surface area contributed by atoms with Gasteiger partial charge in [-0.2, -0.15) is 0 Å². The molecule has 0 aliphatic rings. The minimum Gasteiger partial charge on any atom is -0.345 e. The number of hydrogen-bond acceptors (Lipinski definition) is 1. The van der Waals surface area contributed by atoms with Gasteiger partial charge in [-0.3, -0.25) is 0 Å². The van der Waals surface area contributed by atoms with Crippen LogP contribution in [0, 0.1) is 0 Å². The number of halogens is 1. The van der Waals surface area contributed by atoms with Crippen molar-refractivity contribution >= 4 is 17.6 Å². The van der Waals surface area contributed by atoms with Gasteiger partial charge in [-0.05, 0) is 42.7 Å². The average Bonchev–Trinajstić information content (AvgIpc) is 3.18. The molecule has 0 spiro atoms. The second-order valence-electron chi connectivity index (χ2n) is 7.25. The first-order chi connectivity index (χ1) is 14.1. The van der Waals surface area contributed by atoms with E-state index in [-0.39, 0.29) is 12.1 Å². The van der Waals surface area contributed by atoms with Crippen LogP contribution in [0.15, 0.2) is 72.9 Å². The van der Waals surface area contributed by atoms with Crippen LogP contribution in [0.25, 0.3) is 0 Å². The van der Waals surface area contributed by atoms with E-state index in [0.29, 0.717) is 19.6 Å². The molecule has 0 saturated heterocycles. The Kier molecular flexibility index (Phi) is 7.36. The predicted molar refractivity (Wildman–Crippen MR) is 119 cm³/mol. The zero-order chi connectivity index (χ0) is 20.6. The molecule has 1 aromatic heterocycles. The minimum absolute atomic E-state index is 0.0475. The number of hydrogen-bond donors (Lipinski definition) is 1. The lowest BCUT2D eigenvalue weighted by atomic mass is 10.2. The molecule has 1 atom stereocenters. The Morgan fingerprint density at radius 2 is 1.79 bits per heavy atom. The van der Waals surface area contributed by atoms with Crippen molar-refractivity contribution in [2.24, 2.45) is 0 Å². The van der Waals surface area contributed by atoms with Crippen LogP contribution in [0.1, 0.15) is 37.1 Å². The quantitative estimate of drug-likeness (QED) is 0.509. The van der Waals surface area contributed by atoms with Crippen molar-refractivity contribution in [3.63, 3.8) is 0 Å². The lowest BCUT2D eigenvalue weighted by molar-refractivity contribution is 0.171. The normalized spacial score (nSPS) is 11.8. The Hall–Kier alpha value is -2.72. The topological polar surface area (TPSA) is 37.3 Å².